The highest BCUT2D eigenvalue weighted by Gasteiger charge is 2.29. The molecule has 140 valence electrons. The van der Waals surface area contributed by atoms with Gasteiger partial charge in [-0.3, -0.25) is 9.59 Å². The molecule has 1 unspecified atom stereocenters. The molecule has 0 saturated heterocycles. The Labute approximate surface area is 156 Å². The van der Waals surface area contributed by atoms with Crippen LogP contribution in [-0.4, -0.2) is 22.8 Å². The predicted octanol–water partition coefficient (Wildman–Crippen LogP) is 4.10. The molecule has 1 aliphatic rings. The maximum Gasteiger partial charge on any atom is 0.248 e. The van der Waals surface area contributed by atoms with E-state index in [1.807, 2.05) is 13.8 Å². The second-order valence-corrected chi connectivity index (χ2v) is 8.22. The van der Waals surface area contributed by atoms with Gasteiger partial charge in [0.25, 0.3) is 0 Å². The standard InChI is InChI=1S/C19H24FN3O2S/c1-11(2)16(22-17(24)12-6-4-3-5-7-12)18(25)23-19-21-14-9-8-13(20)10-15(14)26-19/h8-12,16H,3-7H2,1-2H3,(H,22,24)(H,21,23,25). The van der Waals surface area contributed by atoms with Gasteiger partial charge in [-0.05, 0) is 37.0 Å². The molecular formula is C19H24FN3O2S. The van der Waals surface area contributed by atoms with Gasteiger partial charge in [-0.15, -0.1) is 0 Å². The third-order valence-electron chi connectivity index (χ3n) is 4.80. The number of hydrogen-bond acceptors (Lipinski definition) is 4. The van der Waals surface area contributed by atoms with Gasteiger partial charge in [-0.2, -0.15) is 0 Å². The van der Waals surface area contributed by atoms with Crippen molar-refractivity contribution in [3.05, 3.63) is 24.0 Å². The first-order chi connectivity index (χ1) is 12.4. The van der Waals surface area contributed by atoms with Crippen molar-refractivity contribution >= 4 is 38.5 Å². The topological polar surface area (TPSA) is 71.1 Å². The highest BCUT2D eigenvalue weighted by Crippen LogP contribution is 2.27. The summed E-state index contributed by atoms with van der Waals surface area (Å²) in [5, 5.41) is 6.10. The lowest BCUT2D eigenvalue weighted by molar-refractivity contribution is -0.130. The average Bonchev–Trinajstić information content (AvgIpc) is 3.01. The Morgan fingerprint density at radius 1 is 1.23 bits per heavy atom. The number of nitrogens with one attached hydrogen (secondary N) is 2. The van der Waals surface area contributed by atoms with Gasteiger partial charge in [0.1, 0.15) is 11.9 Å². The third-order valence-corrected chi connectivity index (χ3v) is 5.74. The van der Waals surface area contributed by atoms with Crippen LogP contribution in [0.5, 0.6) is 0 Å². The zero-order valence-electron chi connectivity index (χ0n) is 15.0. The van der Waals surface area contributed by atoms with Crippen LogP contribution in [0.2, 0.25) is 0 Å². The predicted molar refractivity (Wildman–Crippen MR) is 102 cm³/mol. The fraction of sp³-hybridized carbons (Fsp3) is 0.526. The smallest absolute Gasteiger partial charge is 0.248 e. The number of hydrogen-bond donors (Lipinski definition) is 2. The lowest BCUT2D eigenvalue weighted by atomic mass is 9.88. The van der Waals surface area contributed by atoms with Crippen LogP contribution in [-0.2, 0) is 9.59 Å². The van der Waals surface area contributed by atoms with E-state index in [0.717, 1.165) is 25.7 Å². The Balaban J connectivity index is 1.68. The van der Waals surface area contributed by atoms with Gasteiger partial charge in [-0.1, -0.05) is 44.4 Å². The van der Waals surface area contributed by atoms with Crippen LogP contribution in [0.15, 0.2) is 18.2 Å². The van der Waals surface area contributed by atoms with Gasteiger partial charge < -0.3 is 10.6 Å². The first-order valence-corrected chi connectivity index (χ1v) is 9.93. The quantitative estimate of drug-likeness (QED) is 0.824. The SMILES string of the molecule is CC(C)C(NC(=O)C1CCCCC1)C(=O)Nc1nc2ccc(F)cc2s1. The van der Waals surface area contributed by atoms with Crippen LogP contribution in [0.3, 0.4) is 0 Å². The highest BCUT2D eigenvalue weighted by molar-refractivity contribution is 7.22. The molecule has 1 aromatic carbocycles. The molecule has 2 aromatic rings. The minimum absolute atomic E-state index is 0.00299. The molecule has 2 amide bonds. The van der Waals surface area contributed by atoms with Gasteiger partial charge in [0.05, 0.1) is 10.2 Å². The normalized spacial score (nSPS) is 16.6. The van der Waals surface area contributed by atoms with E-state index in [2.05, 4.69) is 15.6 Å². The van der Waals surface area contributed by atoms with Crippen LogP contribution >= 0.6 is 11.3 Å². The number of thiazole rings is 1. The number of benzene rings is 1. The maximum atomic E-state index is 13.3. The molecule has 26 heavy (non-hydrogen) atoms. The van der Waals surface area contributed by atoms with Crippen molar-refractivity contribution in [1.82, 2.24) is 10.3 Å². The molecule has 5 nitrogen and oxygen atoms in total. The van der Waals surface area contributed by atoms with Crippen LogP contribution in [0.4, 0.5) is 9.52 Å². The summed E-state index contributed by atoms with van der Waals surface area (Å²) in [4.78, 5) is 29.5. The summed E-state index contributed by atoms with van der Waals surface area (Å²) >= 11 is 1.22. The van der Waals surface area contributed by atoms with Gasteiger partial charge in [0.15, 0.2) is 5.13 Å². The van der Waals surface area contributed by atoms with E-state index in [1.165, 1.54) is 29.9 Å². The van der Waals surface area contributed by atoms with Crippen molar-refractivity contribution in [2.45, 2.75) is 52.0 Å². The number of carbonyl (C=O) groups is 2. The Kier molecular flexibility index (Phi) is 5.86. The van der Waals surface area contributed by atoms with Crippen LogP contribution < -0.4 is 10.6 Å². The van der Waals surface area contributed by atoms with Crippen LogP contribution in [0.1, 0.15) is 46.0 Å². The first-order valence-electron chi connectivity index (χ1n) is 9.11. The van der Waals surface area contributed by atoms with Crippen LogP contribution in [0.25, 0.3) is 10.2 Å². The maximum absolute atomic E-state index is 13.3. The van der Waals surface area contributed by atoms with Gasteiger partial charge in [-0.25, -0.2) is 9.37 Å². The molecule has 7 heteroatoms. The molecule has 0 bridgehead atoms. The van der Waals surface area contributed by atoms with Gasteiger partial charge in [0, 0.05) is 5.92 Å². The number of nitrogens with zero attached hydrogens (tertiary/aromatic N) is 1. The molecule has 1 atom stereocenters. The number of amides is 2. The van der Waals surface area contributed by atoms with E-state index in [9.17, 15) is 14.0 Å². The summed E-state index contributed by atoms with van der Waals surface area (Å²) in [6.45, 7) is 3.80. The molecule has 0 aliphatic heterocycles. The van der Waals surface area contributed by atoms with Crippen molar-refractivity contribution in [3.8, 4) is 0 Å². The summed E-state index contributed by atoms with van der Waals surface area (Å²) < 4.78 is 14.0. The molecule has 0 spiro atoms. The molecule has 1 saturated carbocycles. The number of halogens is 1. The van der Waals surface area contributed by atoms with Crippen molar-refractivity contribution in [1.29, 1.82) is 0 Å². The van der Waals surface area contributed by atoms with Crippen molar-refractivity contribution < 1.29 is 14.0 Å². The van der Waals surface area contributed by atoms with Gasteiger partial charge >= 0.3 is 0 Å². The van der Waals surface area contributed by atoms with E-state index < -0.39 is 6.04 Å². The number of rotatable bonds is 5. The van der Waals surface area contributed by atoms with E-state index in [1.54, 1.807) is 6.07 Å². The van der Waals surface area contributed by atoms with E-state index in [-0.39, 0.29) is 29.5 Å². The zero-order valence-corrected chi connectivity index (χ0v) is 15.9. The molecule has 1 aromatic heterocycles. The molecule has 1 fully saturated rings. The second kappa shape index (κ2) is 8.12. The van der Waals surface area contributed by atoms with Gasteiger partial charge in [0.2, 0.25) is 11.8 Å². The van der Waals surface area contributed by atoms with E-state index in [4.69, 9.17) is 0 Å². The first kappa shape index (κ1) is 18.8. The molecule has 0 radical (unpaired) electrons. The summed E-state index contributed by atoms with van der Waals surface area (Å²) in [6, 6.07) is 3.71. The fourth-order valence-electron chi connectivity index (χ4n) is 3.31. The Bertz CT molecular complexity index is 799. The molecule has 1 heterocycles. The van der Waals surface area contributed by atoms with E-state index in [0.29, 0.717) is 15.3 Å². The number of aromatic nitrogens is 1. The summed E-state index contributed by atoms with van der Waals surface area (Å²) in [5.74, 6) is -0.704. The summed E-state index contributed by atoms with van der Waals surface area (Å²) in [7, 11) is 0. The monoisotopic (exact) mass is 377 g/mol. The number of fused-ring (bicyclic) bond motifs is 1. The average molecular weight is 377 g/mol. The fourth-order valence-corrected chi connectivity index (χ4v) is 4.20. The minimum Gasteiger partial charge on any atom is -0.344 e. The minimum atomic E-state index is -0.617. The van der Waals surface area contributed by atoms with Crippen molar-refractivity contribution in [3.63, 3.8) is 0 Å². The summed E-state index contributed by atoms with van der Waals surface area (Å²) in [6.07, 6.45) is 5.09. The van der Waals surface area contributed by atoms with E-state index >= 15 is 0 Å². The second-order valence-electron chi connectivity index (χ2n) is 7.19. The lowest BCUT2D eigenvalue weighted by Crippen LogP contribution is -2.49. The highest BCUT2D eigenvalue weighted by atomic mass is 32.1. The number of carbonyl (C=O) groups excluding carboxylic acids is 2. The van der Waals surface area contributed by atoms with Crippen molar-refractivity contribution in [2.24, 2.45) is 11.8 Å². The van der Waals surface area contributed by atoms with Crippen LogP contribution in [0, 0.1) is 17.7 Å². The molecule has 1 aliphatic carbocycles. The molecule has 2 N–H and O–H groups in total. The molecular weight excluding hydrogens is 353 g/mol. The Morgan fingerprint density at radius 2 is 1.96 bits per heavy atom. The summed E-state index contributed by atoms with van der Waals surface area (Å²) in [5.41, 5.74) is 0.638. The zero-order chi connectivity index (χ0) is 18.7. The number of anilines is 1. The lowest BCUT2D eigenvalue weighted by Gasteiger charge is -2.26. The Morgan fingerprint density at radius 3 is 2.65 bits per heavy atom. The third kappa shape index (κ3) is 4.38. The van der Waals surface area contributed by atoms with Crippen molar-refractivity contribution in [2.75, 3.05) is 5.32 Å². The largest absolute Gasteiger partial charge is 0.344 e. The molecule has 3 rings (SSSR count). The Hall–Kier alpha value is -2.02.